The van der Waals surface area contributed by atoms with E-state index in [-0.39, 0.29) is 21.7 Å². The summed E-state index contributed by atoms with van der Waals surface area (Å²) in [6, 6.07) is 13.5. The average Bonchev–Trinajstić information content (AvgIpc) is 3.16. The Balaban J connectivity index is 1.82. The Morgan fingerprint density at radius 3 is 2.24 bits per heavy atom. The Bertz CT molecular complexity index is 1110. The number of piperazine rings is 1. The fourth-order valence-corrected chi connectivity index (χ4v) is 4.84. The lowest BCUT2D eigenvalue weighted by molar-refractivity contribution is 0.305. The molecule has 0 spiro atoms. The lowest BCUT2D eigenvalue weighted by Crippen LogP contribution is -2.44. The van der Waals surface area contributed by atoms with Crippen LogP contribution in [0, 0.1) is 0 Å². The monoisotopic (exact) mass is 495 g/mol. The summed E-state index contributed by atoms with van der Waals surface area (Å²) >= 11 is 9.31. The van der Waals surface area contributed by atoms with E-state index in [2.05, 4.69) is 25.8 Å². The molecular weight excluding hydrogens is 478 g/mol. The number of hydrogen-bond acceptors (Lipinski definition) is 6. The first-order valence-corrected chi connectivity index (χ1v) is 11.7. The predicted octanol–water partition coefficient (Wildman–Crippen LogP) is 4.34. The molecule has 0 radical (unpaired) electrons. The smallest absolute Gasteiger partial charge is 0.236 e. The molecule has 9 heteroatoms. The number of halogens is 2. The minimum Gasteiger partial charge on any atom is -0.419 e. The number of nitrogens with zero attached hydrogens (tertiary/aromatic N) is 3. The number of aromatic nitrogens is 1. The zero-order valence-corrected chi connectivity index (χ0v) is 18.8. The van der Waals surface area contributed by atoms with Gasteiger partial charge in [-0.3, -0.25) is 0 Å². The first kappa shape index (κ1) is 20.4. The molecule has 0 amide bonds. The Hall–Kier alpha value is -1.87. The van der Waals surface area contributed by atoms with Crippen LogP contribution in [0.4, 0.5) is 5.88 Å². The maximum absolute atomic E-state index is 13.4. The summed E-state index contributed by atoms with van der Waals surface area (Å²) in [6.45, 7) is 2.95. The zero-order valence-electron chi connectivity index (χ0n) is 15.7. The number of benzene rings is 2. The molecule has 0 aliphatic carbocycles. The van der Waals surface area contributed by atoms with Crippen molar-refractivity contribution < 1.29 is 12.8 Å². The van der Waals surface area contributed by atoms with Crippen LogP contribution in [0.3, 0.4) is 0 Å². The van der Waals surface area contributed by atoms with Gasteiger partial charge < -0.3 is 14.2 Å². The summed E-state index contributed by atoms with van der Waals surface area (Å²) in [6.07, 6.45) is 0. The Morgan fingerprint density at radius 2 is 1.62 bits per heavy atom. The quantitative estimate of drug-likeness (QED) is 0.535. The molecular formula is C20H19BrClN3O3S. The summed E-state index contributed by atoms with van der Waals surface area (Å²) < 4.78 is 33.6. The molecule has 152 valence electrons. The lowest BCUT2D eigenvalue weighted by Gasteiger charge is -2.32. The van der Waals surface area contributed by atoms with Gasteiger partial charge in [0.25, 0.3) is 0 Å². The van der Waals surface area contributed by atoms with Gasteiger partial charge in [-0.2, -0.15) is 4.98 Å². The molecule has 1 aliphatic heterocycles. The molecule has 3 aromatic rings. The van der Waals surface area contributed by atoms with Gasteiger partial charge in [-0.15, -0.1) is 0 Å². The molecule has 0 bridgehead atoms. The van der Waals surface area contributed by atoms with Crippen LogP contribution < -0.4 is 4.90 Å². The Kier molecular flexibility index (Phi) is 5.70. The van der Waals surface area contributed by atoms with E-state index >= 15 is 0 Å². The molecule has 0 N–H and O–H groups in total. The molecule has 1 fully saturated rings. The first-order chi connectivity index (χ1) is 13.8. The predicted molar refractivity (Wildman–Crippen MR) is 116 cm³/mol. The van der Waals surface area contributed by atoms with Crippen molar-refractivity contribution in [3.05, 3.63) is 58.0 Å². The van der Waals surface area contributed by atoms with E-state index in [4.69, 9.17) is 16.0 Å². The molecule has 1 aliphatic rings. The van der Waals surface area contributed by atoms with Crippen molar-refractivity contribution >= 4 is 43.3 Å². The average molecular weight is 497 g/mol. The van der Waals surface area contributed by atoms with Crippen molar-refractivity contribution in [1.82, 2.24) is 9.88 Å². The topological polar surface area (TPSA) is 66.7 Å². The van der Waals surface area contributed by atoms with Crippen molar-refractivity contribution in [3.63, 3.8) is 0 Å². The second-order valence-electron chi connectivity index (χ2n) is 6.88. The van der Waals surface area contributed by atoms with Gasteiger partial charge >= 0.3 is 0 Å². The third kappa shape index (κ3) is 4.21. The van der Waals surface area contributed by atoms with Gasteiger partial charge in [0.1, 0.15) is 0 Å². The standard InChI is InChI=1S/C20H19BrClN3O3S/c1-24-10-12-25(13-11-24)20-19(29(26,27)17-8-4-15(21)5-9-17)23-18(28-20)14-2-6-16(22)7-3-14/h2-9H,10-13H2,1H3. The third-order valence-electron chi connectivity index (χ3n) is 4.84. The van der Waals surface area contributed by atoms with Gasteiger partial charge in [0, 0.05) is 41.2 Å². The van der Waals surface area contributed by atoms with Crippen molar-refractivity contribution in [2.45, 2.75) is 9.92 Å². The summed E-state index contributed by atoms with van der Waals surface area (Å²) in [7, 11) is -1.81. The van der Waals surface area contributed by atoms with Gasteiger partial charge in [0.05, 0.1) is 4.90 Å². The molecule has 0 saturated carbocycles. The van der Waals surface area contributed by atoms with Crippen LogP contribution in [0.5, 0.6) is 0 Å². The lowest BCUT2D eigenvalue weighted by atomic mass is 10.2. The third-order valence-corrected chi connectivity index (χ3v) is 7.29. The van der Waals surface area contributed by atoms with E-state index in [9.17, 15) is 8.42 Å². The van der Waals surface area contributed by atoms with Crippen molar-refractivity contribution in [1.29, 1.82) is 0 Å². The van der Waals surface area contributed by atoms with Crippen LogP contribution in [0.1, 0.15) is 0 Å². The van der Waals surface area contributed by atoms with E-state index in [1.807, 2.05) is 11.9 Å². The summed E-state index contributed by atoms with van der Waals surface area (Å²) in [5.41, 5.74) is 0.669. The molecule has 0 unspecified atom stereocenters. The maximum Gasteiger partial charge on any atom is 0.236 e. The highest BCUT2D eigenvalue weighted by Crippen LogP contribution is 2.35. The minimum atomic E-state index is -3.85. The Labute approximate surface area is 183 Å². The van der Waals surface area contributed by atoms with E-state index < -0.39 is 9.84 Å². The van der Waals surface area contributed by atoms with Crippen LogP contribution in [0.2, 0.25) is 5.02 Å². The molecule has 29 heavy (non-hydrogen) atoms. The molecule has 2 aromatic carbocycles. The fraction of sp³-hybridized carbons (Fsp3) is 0.250. The zero-order chi connectivity index (χ0) is 20.6. The van der Waals surface area contributed by atoms with E-state index in [0.717, 1.165) is 17.6 Å². The summed E-state index contributed by atoms with van der Waals surface area (Å²) in [5, 5.41) is 0.525. The fourth-order valence-electron chi connectivity index (χ4n) is 3.12. The number of hydrogen-bond donors (Lipinski definition) is 0. The number of rotatable bonds is 4. The second kappa shape index (κ2) is 8.10. The molecule has 1 saturated heterocycles. The molecule has 6 nitrogen and oxygen atoms in total. The molecule has 2 heterocycles. The van der Waals surface area contributed by atoms with Crippen LogP contribution in [0.25, 0.3) is 11.5 Å². The number of anilines is 1. The first-order valence-electron chi connectivity index (χ1n) is 9.05. The normalized spacial score (nSPS) is 15.6. The minimum absolute atomic E-state index is 0.0608. The van der Waals surface area contributed by atoms with Crippen molar-refractivity contribution in [2.24, 2.45) is 0 Å². The largest absolute Gasteiger partial charge is 0.419 e. The van der Waals surface area contributed by atoms with Gasteiger partial charge in [0.15, 0.2) is 0 Å². The van der Waals surface area contributed by atoms with Gasteiger partial charge in [0.2, 0.25) is 26.6 Å². The van der Waals surface area contributed by atoms with Gasteiger partial charge in [-0.25, -0.2) is 8.42 Å². The highest BCUT2D eigenvalue weighted by atomic mass is 79.9. The van der Waals surface area contributed by atoms with Crippen LogP contribution >= 0.6 is 27.5 Å². The summed E-state index contributed by atoms with van der Waals surface area (Å²) in [5.74, 6) is 0.539. The highest BCUT2D eigenvalue weighted by molar-refractivity contribution is 9.10. The molecule has 0 atom stereocenters. The molecule has 4 rings (SSSR count). The van der Waals surface area contributed by atoms with E-state index in [1.165, 1.54) is 0 Å². The van der Waals surface area contributed by atoms with Crippen molar-refractivity contribution in [2.75, 3.05) is 38.1 Å². The van der Waals surface area contributed by atoms with Crippen LogP contribution in [0.15, 0.2) is 67.3 Å². The van der Waals surface area contributed by atoms with Gasteiger partial charge in [-0.05, 0) is 55.6 Å². The molecule has 1 aromatic heterocycles. The van der Waals surface area contributed by atoms with Gasteiger partial charge in [-0.1, -0.05) is 27.5 Å². The van der Waals surface area contributed by atoms with Crippen LogP contribution in [-0.4, -0.2) is 51.5 Å². The maximum atomic E-state index is 13.4. The highest BCUT2D eigenvalue weighted by Gasteiger charge is 2.32. The summed E-state index contributed by atoms with van der Waals surface area (Å²) in [4.78, 5) is 8.72. The van der Waals surface area contributed by atoms with E-state index in [1.54, 1.807) is 48.5 Å². The number of oxazole rings is 1. The van der Waals surface area contributed by atoms with Crippen molar-refractivity contribution in [3.8, 4) is 11.5 Å². The Morgan fingerprint density at radius 1 is 1.00 bits per heavy atom. The van der Waals surface area contributed by atoms with Crippen LogP contribution in [-0.2, 0) is 9.84 Å². The van der Waals surface area contributed by atoms with E-state index in [0.29, 0.717) is 23.7 Å². The second-order valence-corrected chi connectivity index (χ2v) is 10.1. The number of likely N-dealkylation sites (N-methyl/N-ethyl adjacent to an activating group) is 1. The SMILES string of the molecule is CN1CCN(c2oc(-c3ccc(Cl)cc3)nc2S(=O)(=O)c2ccc(Br)cc2)CC1. The number of sulfone groups is 1.